The normalized spacial score (nSPS) is 13.0. The summed E-state index contributed by atoms with van der Waals surface area (Å²) >= 11 is 3.64. The molecule has 0 spiro atoms. The molecule has 1 atom stereocenters. The van der Waals surface area contributed by atoms with E-state index in [2.05, 4.69) is 48.7 Å². The van der Waals surface area contributed by atoms with E-state index in [9.17, 15) is 0 Å². The van der Waals surface area contributed by atoms with Crippen molar-refractivity contribution in [1.29, 1.82) is 0 Å². The quantitative estimate of drug-likeness (QED) is 0.772. The lowest BCUT2D eigenvalue weighted by atomic mass is 10.1. The third-order valence-corrected chi connectivity index (χ3v) is 4.24. The average molecular weight is 270 g/mol. The van der Waals surface area contributed by atoms with Gasteiger partial charge in [0, 0.05) is 29.8 Å². The van der Waals surface area contributed by atoms with Crippen molar-refractivity contribution in [2.24, 2.45) is 5.73 Å². The van der Waals surface area contributed by atoms with Crippen LogP contribution in [0.4, 0.5) is 0 Å². The Labute approximate surface area is 113 Å². The fourth-order valence-electron chi connectivity index (χ4n) is 1.79. The molecule has 0 aliphatic carbocycles. The Morgan fingerprint density at radius 2 is 1.88 bits per heavy atom. The Hall–Kier alpha value is -0.160. The third-order valence-electron chi connectivity index (χ3n) is 2.90. The summed E-state index contributed by atoms with van der Waals surface area (Å²) < 4.78 is 0. The molecule has 1 unspecified atom stereocenters. The minimum Gasteiger partial charge on any atom is -0.329 e. The Kier molecular flexibility index (Phi) is 7.04. The zero-order chi connectivity index (χ0) is 12.7. The third kappa shape index (κ3) is 4.54. The summed E-state index contributed by atoms with van der Waals surface area (Å²) in [7, 11) is 2.15. The second kappa shape index (κ2) is 8.03. The number of hydrogen-bond acceptors (Lipinski definition) is 4. The summed E-state index contributed by atoms with van der Waals surface area (Å²) in [4.78, 5) is 3.64. The van der Waals surface area contributed by atoms with Gasteiger partial charge in [-0.25, -0.2) is 0 Å². The molecule has 0 aliphatic rings. The van der Waals surface area contributed by atoms with Gasteiger partial charge in [0.2, 0.25) is 0 Å². The van der Waals surface area contributed by atoms with Gasteiger partial charge in [-0.05, 0) is 37.3 Å². The van der Waals surface area contributed by atoms with E-state index < -0.39 is 0 Å². The second-order valence-corrected chi connectivity index (χ2v) is 5.86. The Balaban J connectivity index is 2.70. The van der Waals surface area contributed by atoms with Crippen LogP contribution in [0.5, 0.6) is 0 Å². The Bertz CT molecular complexity index is 314. The van der Waals surface area contributed by atoms with Crippen molar-refractivity contribution in [3.8, 4) is 0 Å². The Morgan fingerprint density at radius 1 is 1.24 bits per heavy atom. The zero-order valence-corrected chi connectivity index (χ0v) is 12.5. The van der Waals surface area contributed by atoms with Gasteiger partial charge in [-0.15, -0.1) is 11.8 Å². The number of nitrogens with zero attached hydrogens (tertiary/aromatic N) is 1. The molecule has 0 bridgehead atoms. The summed E-state index contributed by atoms with van der Waals surface area (Å²) in [6, 6.07) is 9.06. The molecule has 0 fully saturated rings. The van der Waals surface area contributed by atoms with Gasteiger partial charge in [0.1, 0.15) is 0 Å². The highest BCUT2D eigenvalue weighted by atomic mass is 32.2. The van der Waals surface area contributed by atoms with E-state index in [0.29, 0.717) is 12.6 Å². The molecule has 0 aliphatic heterocycles. The molecule has 1 aromatic rings. The van der Waals surface area contributed by atoms with Gasteiger partial charge in [0.05, 0.1) is 0 Å². The first-order chi connectivity index (χ1) is 8.22. The summed E-state index contributed by atoms with van der Waals surface area (Å²) in [6.45, 7) is 1.75. The maximum Gasteiger partial charge on any atom is 0.0467 e. The molecular formula is C13H22N2S2. The molecule has 17 heavy (non-hydrogen) atoms. The van der Waals surface area contributed by atoms with E-state index in [4.69, 9.17) is 5.73 Å². The van der Waals surface area contributed by atoms with Gasteiger partial charge in [-0.3, -0.25) is 4.90 Å². The van der Waals surface area contributed by atoms with Gasteiger partial charge < -0.3 is 5.73 Å². The molecule has 2 nitrogen and oxygen atoms in total. The van der Waals surface area contributed by atoms with Crippen LogP contribution in [0.1, 0.15) is 11.6 Å². The van der Waals surface area contributed by atoms with Crippen LogP contribution in [0.25, 0.3) is 0 Å². The van der Waals surface area contributed by atoms with E-state index in [1.165, 1.54) is 10.5 Å². The smallest absolute Gasteiger partial charge is 0.0467 e. The number of benzene rings is 1. The minimum atomic E-state index is 0.332. The van der Waals surface area contributed by atoms with Crippen LogP contribution in [0.3, 0.4) is 0 Å². The Morgan fingerprint density at radius 3 is 2.35 bits per heavy atom. The van der Waals surface area contributed by atoms with E-state index in [1.54, 1.807) is 11.8 Å². The van der Waals surface area contributed by atoms with E-state index in [-0.39, 0.29) is 0 Å². The minimum absolute atomic E-state index is 0.332. The highest BCUT2D eigenvalue weighted by Gasteiger charge is 2.14. The van der Waals surface area contributed by atoms with Crippen molar-refractivity contribution >= 4 is 23.5 Å². The van der Waals surface area contributed by atoms with Crippen LogP contribution in [-0.2, 0) is 0 Å². The molecule has 0 saturated heterocycles. The van der Waals surface area contributed by atoms with Gasteiger partial charge in [-0.2, -0.15) is 11.8 Å². The largest absolute Gasteiger partial charge is 0.329 e. The summed E-state index contributed by atoms with van der Waals surface area (Å²) in [5.74, 6) is 1.15. The number of nitrogens with two attached hydrogens (primary N) is 1. The van der Waals surface area contributed by atoms with Crippen LogP contribution in [0, 0.1) is 0 Å². The molecule has 0 amide bonds. The lowest BCUT2D eigenvalue weighted by Crippen LogP contribution is -2.32. The molecule has 1 rings (SSSR count). The van der Waals surface area contributed by atoms with Gasteiger partial charge in [-0.1, -0.05) is 12.1 Å². The number of hydrogen-bond donors (Lipinski definition) is 1. The van der Waals surface area contributed by atoms with Crippen molar-refractivity contribution in [3.63, 3.8) is 0 Å². The molecule has 0 radical (unpaired) electrons. The monoisotopic (exact) mass is 270 g/mol. The van der Waals surface area contributed by atoms with Crippen LogP contribution < -0.4 is 5.73 Å². The predicted molar refractivity (Wildman–Crippen MR) is 81.0 cm³/mol. The first kappa shape index (κ1) is 14.9. The van der Waals surface area contributed by atoms with Gasteiger partial charge >= 0.3 is 0 Å². The average Bonchev–Trinajstić information content (AvgIpc) is 2.38. The van der Waals surface area contributed by atoms with Gasteiger partial charge in [0.15, 0.2) is 0 Å². The van der Waals surface area contributed by atoms with E-state index in [0.717, 1.165) is 12.3 Å². The van der Waals surface area contributed by atoms with Crippen LogP contribution >= 0.6 is 23.5 Å². The summed E-state index contributed by atoms with van der Waals surface area (Å²) in [5, 5.41) is 0. The van der Waals surface area contributed by atoms with E-state index in [1.807, 2.05) is 11.8 Å². The molecule has 0 aromatic heterocycles. The highest BCUT2D eigenvalue weighted by molar-refractivity contribution is 7.98. The second-order valence-electron chi connectivity index (χ2n) is 4.00. The molecular weight excluding hydrogens is 248 g/mol. The van der Waals surface area contributed by atoms with E-state index >= 15 is 0 Å². The first-order valence-electron chi connectivity index (χ1n) is 5.76. The van der Waals surface area contributed by atoms with Crippen LogP contribution in [0.2, 0.25) is 0 Å². The fraction of sp³-hybridized carbons (Fsp3) is 0.538. The summed E-state index contributed by atoms with van der Waals surface area (Å²) in [5.41, 5.74) is 7.21. The number of rotatable bonds is 7. The van der Waals surface area contributed by atoms with Crippen molar-refractivity contribution in [1.82, 2.24) is 4.90 Å². The van der Waals surface area contributed by atoms with Crippen molar-refractivity contribution in [2.45, 2.75) is 10.9 Å². The predicted octanol–water partition coefficient (Wildman–Crippen LogP) is 2.70. The maximum absolute atomic E-state index is 5.89. The van der Waals surface area contributed by atoms with Crippen LogP contribution in [0.15, 0.2) is 29.2 Å². The first-order valence-corrected chi connectivity index (χ1v) is 8.38. The fourth-order valence-corrected chi connectivity index (χ4v) is 2.67. The van der Waals surface area contributed by atoms with Crippen molar-refractivity contribution in [3.05, 3.63) is 29.8 Å². The topological polar surface area (TPSA) is 29.3 Å². The molecule has 1 aromatic carbocycles. The lowest BCUT2D eigenvalue weighted by Gasteiger charge is -2.27. The lowest BCUT2D eigenvalue weighted by molar-refractivity contribution is 0.265. The molecule has 0 saturated carbocycles. The van der Waals surface area contributed by atoms with Crippen molar-refractivity contribution < 1.29 is 0 Å². The van der Waals surface area contributed by atoms with Crippen molar-refractivity contribution in [2.75, 3.05) is 38.4 Å². The molecule has 0 heterocycles. The SMILES string of the molecule is CSCCN(C)C(CN)c1ccc(SC)cc1. The van der Waals surface area contributed by atoms with Gasteiger partial charge in [0.25, 0.3) is 0 Å². The molecule has 4 heteroatoms. The number of thioether (sulfide) groups is 2. The van der Waals surface area contributed by atoms with Crippen LogP contribution in [-0.4, -0.2) is 43.3 Å². The highest BCUT2D eigenvalue weighted by Crippen LogP contribution is 2.22. The number of likely N-dealkylation sites (N-methyl/N-ethyl adjacent to an activating group) is 1. The standard InChI is InChI=1S/C13H22N2S2/c1-15(8-9-16-2)13(10-14)11-4-6-12(17-3)7-5-11/h4-7,13H,8-10,14H2,1-3H3. The molecule has 96 valence electrons. The summed E-state index contributed by atoms with van der Waals surface area (Å²) in [6.07, 6.45) is 4.23. The molecule has 2 N–H and O–H groups in total. The zero-order valence-electron chi connectivity index (χ0n) is 10.8. The maximum atomic E-state index is 5.89.